The van der Waals surface area contributed by atoms with Crippen LogP contribution in [-0.4, -0.2) is 141 Å². The molecule has 0 aromatic heterocycles. The van der Waals surface area contributed by atoms with Gasteiger partial charge in [-0.2, -0.15) is 0 Å². The van der Waals surface area contributed by atoms with E-state index in [1.807, 2.05) is 0 Å². The molecule has 0 atom stereocenters. The fraction of sp³-hybridized carbons (Fsp3) is 0. The molecule has 0 saturated heterocycles. The van der Waals surface area contributed by atoms with Gasteiger partial charge < -0.3 is 32.9 Å². The van der Waals surface area contributed by atoms with Crippen molar-refractivity contribution in [3.63, 3.8) is 0 Å². The molecule has 10 heteroatoms. The molecule has 0 aliphatic rings. The van der Waals surface area contributed by atoms with Gasteiger partial charge in [-0.15, -0.1) is 0 Å². The zero-order chi connectivity index (χ0) is 2.00. The molecule has 14 N–H and O–H groups in total. The van der Waals surface area contributed by atoms with Gasteiger partial charge in [0.25, 0.3) is 0 Å². The Hall–Kier alpha value is 2.82. The van der Waals surface area contributed by atoms with E-state index < -0.39 is 0 Å². The van der Waals surface area contributed by atoms with Gasteiger partial charge in [-0.3, -0.25) is 10.5 Å². The van der Waals surface area contributed by atoms with Crippen LogP contribution in [0.2, 0.25) is 0 Å². The van der Waals surface area contributed by atoms with Crippen LogP contribution in [0.1, 0.15) is 0 Å². The molecule has 0 radical (unpaired) electrons. The summed E-state index contributed by atoms with van der Waals surface area (Å²) in [6, 6.07) is 0. The Kier molecular flexibility index (Phi) is 2130. The fourth-order valence-corrected chi connectivity index (χ4v) is 0. The van der Waals surface area contributed by atoms with Gasteiger partial charge in [0.15, 0.2) is 0 Å². The van der Waals surface area contributed by atoms with Crippen LogP contribution in [0.25, 0.3) is 0 Å². The summed E-state index contributed by atoms with van der Waals surface area (Å²) in [5.41, 5.74) is 0. The Bertz CT molecular complexity index is 7.22. The number of hydrogen-bond donors (Lipinski definition) is 2. The Morgan fingerprint density at radius 2 is 0.400 bits per heavy atom. The van der Waals surface area contributed by atoms with E-state index in [1.165, 1.54) is 0 Å². The predicted octanol–water partition coefficient (Wildman–Crippen LogP) is -6.76. The van der Waals surface area contributed by atoms with Crippen molar-refractivity contribution in [1.29, 1.82) is 0 Å². The van der Waals surface area contributed by atoms with Crippen LogP contribution in [0, 0.1) is 0 Å². The molecular formula is H18Ba2O8. The summed E-state index contributed by atoms with van der Waals surface area (Å²) in [5, 5.41) is 12.0. The van der Waals surface area contributed by atoms with Crippen LogP contribution in [-0.2, 0) is 0 Å². The van der Waals surface area contributed by atoms with Crippen LogP contribution < -0.4 is 0 Å². The van der Waals surface area contributed by atoms with E-state index in [-0.39, 0.29) is 131 Å². The molecule has 0 aliphatic carbocycles. The van der Waals surface area contributed by atoms with Crippen molar-refractivity contribution < 1.29 is 43.4 Å². The summed E-state index contributed by atoms with van der Waals surface area (Å²) in [6.45, 7) is 0. The summed E-state index contributed by atoms with van der Waals surface area (Å²) in [6.07, 6.45) is 0. The van der Waals surface area contributed by atoms with Crippen molar-refractivity contribution in [2.45, 2.75) is 0 Å². The van der Waals surface area contributed by atoms with Crippen LogP contribution in [0.4, 0.5) is 0 Å². The van der Waals surface area contributed by atoms with Crippen molar-refractivity contribution in [3.8, 4) is 0 Å². The molecule has 0 heterocycles. The molecule has 0 unspecified atom stereocenters. The van der Waals surface area contributed by atoms with Gasteiger partial charge in [0.1, 0.15) is 0 Å². The molecule has 0 aromatic carbocycles. The first kappa shape index (κ1) is 123. The Labute approximate surface area is 138 Å². The van der Waals surface area contributed by atoms with E-state index in [1.54, 1.807) is 0 Å². The monoisotopic (exact) mass is 422 g/mol. The summed E-state index contributed by atoms with van der Waals surface area (Å²) < 4.78 is 0. The first-order chi connectivity index (χ1) is 1.00. The molecule has 0 aliphatic heterocycles. The average Bonchev–Trinajstić information content (AvgIpc) is 1.00. The molecule has 0 rings (SSSR count). The molecule has 70 valence electrons. The Balaban J connectivity index is -0.000000000179. The van der Waals surface area contributed by atoms with Crippen LogP contribution >= 0.6 is 0 Å². The van der Waals surface area contributed by atoms with Gasteiger partial charge >= 0.3 is 97.8 Å². The number of hydrogen-bond acceptors (Lipinski definition) is 2. The third-order valence-corrected chi connectivity index (χ3v) is 0. The Morgan fingerprint density at radius 1 is 0.400 bits per heavy atom. The SMILES string of the molecule is O.O.O.O.O.O.OO.[BaH2].[BaH2]. The summed E-state index contributed by atoms with van der Waals surface area (Å²) in [5.74, 6) is 0. The normalized spacial score (nSPS) is 0.600. The molecule has 0 saturated carbocycles. The molecule has 0 fully saturated rings. The van der Waals surface area contributed by atoms with Crippen LogP contribution in [0.15, 0.2) is 0 Å². The maximum absolute atomic E-state index is 6.00. The second-order valence-electron chi connectivity index (χ2n) is 0. The van der Waals surface area contributed by atoms with Gasteiger partial charge in [0.05, 0.1) is 0 Å². The molecule has 0 amide bonds. The van der Waals surface area contributed by atoms with Crippen molar-refractivity contribution >= 4 is 97.8 Å². The van der Waals surface area contributed by atoms with Gasteiger partial charge in [0, 0.05) is 0 Å². The third kappa shape index (κ3) is 131. The average molecular weight is 421 g/mol. The van der Waals surface area contributed by atoms with E-state index in [4.69, 9.17) is 10.5 Å². The quantitative estimate of drug-likeness (QED) is 0.221. The number of rotatable bonds is 0. The van der Waals surface area contributed by atoms with E-state index >= 15 is 0 Å². The molecule has 8 nitrogen and oxygen atoms in total. The van der Waals surface area contributed by atoms with Gasteiger partial charge in [-0.1, -0.05) is 0 Å². The van der Waals surface area contributed by atoms with Crippen molar-refractivity contribution in [2.24, 2.45) is 0 Å². The molecular weight excluding hydrogens is 403 g/mol. The fourth-order valence-electron chi connectivity index (χ4n) is 0. The van der Waals surface area contributed by atoms with Crippen molar-refractivity contribution in [1.82, 2.24) is 0 Å². The second kappa shape index (κ2) is 174. The van der Waals surface area contributed by atoms with Crippen LogP contribution in [0.5, 0.6) is 0 Å². The van der Waals surface area contributed by atoms with Crippen LogP contribution in [0.3, 0.4) is 0 Å². The topological polar surface area (TPSA) is 229 Å². The van der Waals surface area contributed by atoms with Gasteiger partial charge in [0.2, 0.25) is 0 Å². The zero-order valence-electron chi connectivity index (χ0n) is 3.89. The summed E-state index contributed by atoms with van der Waals surface area (Å²) >= 11 is 0. The molecule has 0 aromatic rings. The van der Waals surface area contributed by atoms with E-state index in [0.29, 0.717) is 0 Å². The summed E-state index contributed by atoms with van der Waals surface area (Å²) in [7, 11) is 0. The van der Waals surface area contributed by atoms with E-state index in [2.05, 4.69) is 0 Å². The second-order valence-corrected chi connectivity index (χ2v) is 0. The third-order valence-electron chi connectivity index (χ3n) is 0. The van der Waals surface area contributed by atoms with E-state index in [9.17, 15) is 0 Å². The molecule has 0 spiro atoms. The van der Waals surface area contributed by atoms with Gasteiger partial charge in [-0.25, -0.2) is 0 Å². The standard InChI is InChI=1S/2Ba.H2O2.6H2O.4H/c;;1-2;;;;;;;;;;/h;;1-2H;6*1H2;;;;. The molecule has 0 bridgehead atoms. The Morgan fingerprint density at radius 3 is 0.400 bits per heavy atom. The van der Waals surface area contributed by atoms with E-state index in [0.717, 1.165) is 0 Å². The van der Waals surface area contributed by atoms with Crippen molar-refractivity contribution in [2.75, 3.05) is 0 Å². The van der Waals surface area contributed by atoms with Crippen molar-refractivity contribution in [3.05, 3.63) is 0 Å². The molecule has 10 heavy (non-hydrogen) atoms. The first-order valence-electron chi connectivity index (χ1n) is 0.200. The summed E-state index contributed by atoms with van der Waals surface area (Å²) in [4.78, 5) is 0. The minimum absolute atomic E-state index is 0. The van der Waals surface area contributed by atoms with Gasteiger partial charge in [-0.05, 0) is 0 Å². The zero-order valence-corrected chi connectivity index (χ0v) is 3.89. The first-order valence-corrected chi connectivity index (χ1v) is 0.200. The maximum atomic E-state index is 6.00. The minimum atomic E-state index is 0. The predicted molar refractivity (Wildman–Crippen MR) is 44.0 cm³/mol.